The molecule has 0 heterocycles. The predicted molar refractivity (Wildman–Crippen MR) is 89.3 cm³/mol. The second kappa shape index (κ2) is 6.67. The highest BCUT2D eigenvalue weighted by atomic mass is 79.9. The van der Waals surface area contributed by atoms with E-state index in [1.165, 1.54) is 0 Å². The van der Waals surface area contributed by atoms with Crippen LogP contribution in [0.1, 0.15) is 23.2 Å². The lowest BCUT2D eigenvalue weighted by atomic mass is 10.1. The van der Waals surface area contributed by atoms with Crippen molar-refractivity contribution < 1.29 is 9.53 Å². The summed E-state index contributed by atoms with van der Waals surface area (Å²) in [7, 11) is 0. The number of carbonyl (C=O) groups is 1. The Bertz CT molecular complexity index is 653. The molecule has 1 fully saturated rings. The number of halogens is 1. The second-order valence-electron chi connectivity index (χ2n) is 4.99. The first-order valence-corrected chi connectivity index (χ1v) is 8.67. The average Bonchev–Trinajstić information content (AvgIpc) is 3.30. The van der Waals surface area contributed by atoms with Crippen LogP contribution in [0.4, 0.5) is 0 Å². The molecule has 0 aromatic heterocycles. The molecule has 21 heavy (non-hydrogen) atoms. The Kier molecular flexibility index (Phi) is 4.66. The largest absolute Gasteiger partial charge is 0.490 e. The molecule has 2 aromatic carbocycles. The van der Waals surface area contributed by atoms with E-state index < -0.39 is 0 Å². The van der Waals surface area contributed by atoms with Crippen molar-refractivity contribution in [3.8, 4) is 5.75 Å². The first-order valence-electron chi connectivity index (χ1n) is 6.89. The number of benzene rings is 2. The topological polar surface area (TPSA) is 26.3 Å². The Morgan fingerprint density at radius 2 is 2.00 bits per heavy atom. The molecule has 108 valence electrons. The molecule has 0 amide bonds. The summed E-state index contributed by atoms with van der Waals surface area (Å²) in [5.41, 5.74) is 0.715. The molecule has 0 bridgehead atoms. The summed E-state index contributed by atoms with van der Waals surface area (Å²) in [6.07, 6.45) is 2.59. The van der Waals surface area contributed by atoms with E-state index in [0.29, 0.717) is 17.4 Å². The maximum atomic E-state index is 12.3. The molecular weight excluding hydrogens is 348 g/mol. The number of hydrogen-bond acceptors (Lipinski definition) is 3. The monoisotopic (exact) mass is 362 g/mol. The number of hydrogen-bond donors (Lipinski definition) is 0. The van der Waals surface area contributed by atoms with Gasteiger partial charge in [-0.15, -0.1) is 11.8 Å². The van der Waals surface area contributed by atoms with E-state index in [1.54, 1.807) is 11.8 Å². The van der Waals surface area contributed by atoms with E-state index >= 15 is 0 Å². The lowest BCUT2D eigenvalue weighted by Gasteiger charge is -2.07. The molecule has 2 nitrogen and oxygen atoms in total. The van der Waals surface area contributed by atoms with Crippen LogP contribution in [0.5, 0.6) is 5.75 Å². The molecule has 3 rings (SSSR count). The van der Waals surface area contributed by atoms with Gasteiger partial charge in [0.1, 0.15) is 5.75 Å². The first-order chi connectivity index (χ1) is 10.2. The number of ether oxygens (including phenoxy) is 1. The highest BCUT2D eigenvalue weighted by Crippen LogP contribution is 2.29. The average molecular weight is 363 g/mol. The van der Waals surface area contributed by atoms with Crippen LogP contribution >= 0.6 is 27.7 Å². The van der Waals surface area contributed by atoms with Crippen LogP contribution in [0.25, 0.3) is 0 Å². The van der Waals surface area contributed by atoms with Crippen molar-refractivity contribution in [1.82, 2.24) is 0 Å². The zero-order chi connectivity index (χ0) is 14.7. The van der Waals surface area contributed by atoms with E-state index in [0.717, 1.165) is 28.0 Å². The van der Waals surface area contributed by atoms with E-state index in [1.807, 2.05) is 48.5 Å². The van der Waals surface area contributed by atoms with Crippen molar-refractivity contribution in [2.24, 2.45) is 0 Å². The van der Waals surface area contributed by atoms with Gasteiger partial charge in [0, 0.05) is 14.9 Å². The second-order valence-corrected chi connectivity index (χ2v) is 6.86. The Morgan fingerprint density at radius 1 is 1.19 bits per heavy atom. The summed E-state index contributed by atoms with van der Waals surface area (Å²) >= 11 is 5.04. The first kappa shape index (κ1) is 14.7. The minimum atomic E-state index is 0.122. The molecule has 1 saturated carbocycles. The summed E-state index contributed by atoms with van der Waals surface area (Å²) in [4.78, 5) is 13.4. The molecule has 0 radical (unpaired) electrons. The summed E-state index contributed by atoms with van der Waals surface area (Å²) < 4.78 is 6.75. The van der Waals surface area contributed by atoms with Gasteiger partial charge < -0.3 is 4.74 Å². The minimum absolute atomic E-state index is 0.122. The van der Waals surface area contributed by atoms with Gasteiger partial charge in [0.2, 0.25) is 0 Å². The van der Waals surface area contributed by atoms with Crippen molar-refractivity contribution in [3.05, 3.63) is 58.6 Å². The number of rotatable bonds is 6. The van der Waals surface area contributed by atoms with Gasteiger partial charge >= 0.3 is 0 Å². The van der Waals surface area contributed by atoms with Crippen LogP contribution in [0.3, 0.4) is 0 Å². The lowest BCUT2D eigenvalue weighted by molar-refractivity contribution is 0.102. The molecule has 0 atom stereocenters. The van der Waals surface area contributed by atoms with Crippen LogP contribution in [0, 0.1) is 0 Å². The van der Waals surface area contributed by atoms with E-state index in [-0.39, 0.29) is 5.78 Å². The van der Waals surface area contributed by atoms with Gasteiger partial charge in [0.25, 0.3) is 0 Å². The molecule has 1 aliphatic rings. The smallest absolute Gasteiger partial charge is 0.173 e. The Hall–Kier alpha value is -1.26. The van der Waals surface area contributed by atoms with Crippen LogP contribution in [-0.2, 0) is 0 Å². The van der Waals surface area contributed by atoms with Crippen molar-refractivity contribution in [2.75, 3.05) is 5.75 Å². The highest BCUT2D eigenvalue weighted by molar-refractivity contribution is 9.10. The van der Waals surface area contributed by atoms with Crippen LogP contribution in [0.15, 0.2) is 57.9 Å². The third kappa shape index (κ3) is 4.11. The fourth-order valence-corrected chi connectivity index (χ4v) is 3.37. The predicted octanol–water partition coefficient (Wildman–Crippen LogP) is 4.97. The van der Waals surface area contributed by atoms with Gasteiger partial charge in [-0.25, -0.2) is 0 Å². The summed E-state index contributed by atoms with van der Waals surface area (Å²) in [6.45, 7) is 0. The third-order valence-corrected chi connectivity index (χ3v) is 5.21. The summed E-state index contributed by atoms with van der Waals surface area (Å²) in [5.74, 6) is 1.35. The molecule has 4 heteroatoms. The van der Waals surface area contributed by atoms with Crippen molar-refractivity contribution in [1.29, 1.82) is 0 Å². The maximum absolute atomic E-state index is 12.3. The van der Waals surface area contributed by atoms with Crippen LogP contribution in [-0.4, -0.2) is 17.6 Å². The molecule has 0 N–H and O–H groups in total. The van der Waals surface area contributed by atoms with Gasteiger partial charge in [-0.3, -0.25) is 4.79 Å². The number of carbonyl (C=O) groups excluding carboxylic acids is 1. The SMILES string of the molecule is O=C(CSc1ccccc1Br)c1cccc(OC2CC2)c1. The molecular formula is C17H15BrO2S. The lowest BCUT2D eigenvalue weighted by Crippen LogP contribution is -2.03. The standard InChI is InChI=1S/C17H15BrO2S/c18-15-6-1-2-7-17(15)21-11-16(19)12-4-3-5-14(10-12)20-13-8-9-13/h1-7,10,13H,8-9,11H2. The van der Waals surface area contributed by atoms with Gasteiger partial charge in [-0.1, -0.05) is 24.3 Å². The van der Waals surface area contributed by atoms with Gasteiger partial charge in [0.05, 0.1) is 11.9 Å². The number of ketones is 1. The highest BCUT2D eigenvalue weighted by Gasteiger charge is 2.23. The normalized spacial score (nSPS) is 14.0. The maximum Gasteiger partial charge on any atom is 0.173 e. The fraction of sp³-hybridized carbons (Fsp3) is 0.235. The van der Waals surface area contributed by atoms with Crippen molar-refractivity contribution in [3.63, 3.8) is 0 Å². The molecule has 2 aromatic rings. The zero-order valence-corrected chi connectivity index (χ0v) is 13.8. The number of Topliss-reactive ketones (excluding diaryl/α,β-unsaturated/α-hetero) is 1. The van der Waals surface area contributed by atoms with Gasteiger partial charge in [-0.2, -0.15) is 0 Å². The summed E-state index contributed by atoms with van der Waals surface area (Å²) in [5, 5.41) is 0. The fourth-order valence-electron chi connectivity index (χ4n) is 1.91. The molecule has 0 unspecified atom stereocenters. The quantitative estimate of drug-likeness (QED) is 0.536. The van der Waals surface area contributed by atoms with Crippen molar-refractivity contribution >= 4 is 33.5 Å². The minimum Gasteiger partial charge on any atom is -0.490 e. The Morgan fingerprint density at radius 3 is 2.76 bits per heavy atom. The van der Waals surface area contributed by atoms with E-state index in [2.05, 4.69) is 15.9 Å². The van der Waals surface area contributed by atoms with Gasteiger partial charge in [-0.05, 0) is 53.0 Å². The van der Waals surface area contributed by atoms with Crippen LogP contribution < -0.4 is 4.74 Å². The van der Waals surface area contributed by atoms with E-state index in [4.69, 9.17) is 4.74 Å². The zero-order valence-electron chi connectivity index (χ0n) is 11.4. The molecule has 1 aliphatic carbocycles. The Labute approximate surface area is 137 Å². The van der Waals surface area contributed by atoms with Crippen molar-refractivity contribution in [2.45, 2.75) is 23.8 Å². The Balaban J connectivity index is 1.63. The number of thioether (sulfide) groups is 1. The van der Waals surface area contributed by atoms with Gasteiger partial charge in [0.15, 0.2) is 5.78 Å². The molecule has 0 aliphatic heterocycles. The van der Waals surface area contributed by atoms with E-state index in [9.17, 15) is 4.79 Å². The van der Waals surface area contributed by atoms with Crippen LogP contribution in [0.2, 0.25) is 0 Å². The summed E-state index contributed by atoms with van der Waals surface area (Å²) in [6, 6.07) is 15.4. The third-order valence-electron chi connectivity index (χ3n) is 3.18. The molecule has 0 saturated heterocycles. The molecule has 0 spiro atoms.